The number of anilines is 1. The molecule has 0 radical (unpaired) electrons. The Morgan fingerprint density at radius 3 is 2.67 bits per heavy atom. The van der Waals surface area contributed by atoms with E-state index in [-0.39, 0.29) is 22.6 Å². The number of methoxy groups -OCH3 is 1. The topological polar surface area (TPSA) is 75.7 Å². The lowest BCUT2D eigenvalue weighted by atomic mass is 9.88. The Kier molecular flexibility index (Phi) is 5.53. The fourth-order valence-electron chi connectivity index (χ4n) is 3.59. The molecular formula is C20H24N2O4S. The summed E-state index contributed by atoms with van der Waals surface area (Å²) in [6.07, 6.45) is 2.66. The van der Waals surface area contributed by atoms with E-state index in [0.717, 1.165) is 24.8 Å². The van der Waals surface area contributed by atoms with Crippen molar-refractivity contribution in [3.8, 4) is 5.75 Å². The normalized spacial score (nSPS) is 16.7. The van der Waals surface area contributed by atoms with E-state index in [4.69, 9.17) is 4.74 Å². The largest absolute Gasteiger partial charge is 0.495 e. The molecule has 0 unspecified atom stereocenters. The molecule has 0 aromatic heterocycles. The lowest BCUT2D eigenvalue weighted by Gasteiger charge is -2.32. The summed E-state index contributed by atoms with van der Waals surface area (Å²) in [5, 5.41) is 2.63. The van der Waals surface area contributed by atoms with Crippen LogP contribution in [0.25, 0.3) is 0 Å². The Morgan fingerprint density at radius 1 is 1.22 bits per heavy atom. The van der Waals surface area contributed by atoms with E-state index in [1.54, 1.807) is 19.2 Å². The van der Waals surface area contributed by atoms with Crippen molar-refractivity contribution in [1.82, 2.24) is 4.31 Å². The second-order valence-electron chi connectivity index (χ2n) is 6.67. The minimum Gasteiger partial charge on any atom is -0.495 e. The molecule has 144 valence electrons. The smallest absolute Gasteiger partial charge is 0.247 e. The van der Waals surface area contributed by atoms with E-state index in [9.17, 15) is 13.2 Å². The molecular weight excluding hydrogens is 364 g/mol. The Morgan fingerprint density at radius 2 is 1.96 bits per heavy atom. The molecule has 1 atom stereocenters. The van der Waals surface area contributed by atoms with Crippen LogP contribution >= 0.6 is 0 Å². The van der Waals surface area contributed by atoms with Crippen molar-refractivity contribution in [2.24, 2.45) is 0 Å². The van der Waals surface area contributed by atoms with E-state index in [0.29, 0.717) is 5.69 Å². The standard InChI is InChI=1S/C20H24N2O4S/c1-14(23)21-16-11-12-19(26-3)20(13-16)27(24,25)22(2)18-10-6-8-15-7-4-5-9-17(15)18/h4-5,7,9,11-13,18H,6,8,10H2,1-3H3,(H,21,23)/t18-/m1/s1. The highest BCUT2D eigenvalue weighted by molar-refractivity contribution is 7.89. The highest BCUT2D eigenvalue weighted by Gasteiger charge is 2.33. The molecule has 1 N–H and O–H groups in total. The van der Waals surface area contributed by atoms with Gasteiger partial charge in [0.1, 0.15) is 10.6 Å². The summed E-state index contributed by atoms with van der Waals surface area (Å²) in [5.41, 5.74) is 2.65. The number of carbonyl (C=O) groups is 1. The van der Waals surface area contributed by atoms with Gasteiger partial charge < -0.3 is 10.1 Å². The van der Waals surface area contributed by atoms with Gasteiger partial charge in [0.2, 0.25) is 15.9 Å². The van der Waals surface area contributed by atoms with Crippen LogP contribution in [0.1, 0.15) is 36.9 Å². The molecule has 0 spiro atoms. The summed E-state index contributed by atoms with van der Waals surface area (Å²) in [6, 6.07) is 12.4. The lowest BCUT2D eigenvalue weighted by Crippen LogP contribution is -2.33. The lowest BCUT2D eigenvalue weighted by molar-refractivity contribution is -0.114. The first-order valence-electron chi connectivity index (χ1n) is 8.86. The summed E-state index contributed by atoms with van der Waals surface area (Å²) >= 11 is 0. The second kappa shape index (κ2) is 7.70. The molecule has 6 nitrogen and oxygen atoms in total. The van der Waals surface area contributed by atoms with Gasteiger partial charge in [0, 0.05) is 25.7 Å². The molecule has 0 saturated heterocycles. The van der Waals surface area contributed by atoms with Crippen LogP contribution in [-0.2, 0) is 21.2 Å². The molecule has 0 saturated carbocycles. The van der Waals surface area contributed by atoms with Gasteiger partial charge in [-0.15, -0.1) is 0 Å². The number of fused-ring (bicyclic) bond motifs is 1. The molecule has 0 heterocycles. The second-order valence-corrected chi connectivity index (χ2v) is 8.64. The van der Waals surface area contributed by atoms with Crippen molar-refractivity contribution in [2.45, 2.75) is 37.1 Å². The van der Waals surface area contributed by atoms with Gasteiger partial charge in [-0.3, -0.25) is 4.79 Å². The van der Waals surface area contributed by atoms with Crippen LogP contribution in [0.4, 0.5) is 5.69 Å². The maximum atomic E-state index is 13.4. The predicted octanol–water partition coefficient (Wildman–Crippen LogP) is 3.35. The molecule has 0 fully saturated rings. The minimum absolute atomic E-state index is 0.0433. The van der Waals surface area contributed by atoms with Crippen LogP contribution in [0.3, 0.4) is 0 Å². The summed E-state index contributed by atoms with van der Waals surface area (Å²) in [4.78, 5) is 11.4. The maximum absolute atomic E-state index is 13.4. The SMILES string of the molecule is COc1ccc(NC(C)=O)cc1S(=O)(=O)N(C)[C@@H]1CCCc2ccccc21. The zero-order valence-corrected chi connectivity index (χ0v) is 16.5. The van der Waals surface area contributed by atoms with Crippen LogP contribution < -0.4 is 10.1 Å². The van der Waals surface area contributed by atoms with Gasteiger partial charge in [-0.2, -0.15) is 4.31 Å². The van der Waals surface area contributed by atoms with Crippen LogP contribution in [0.2, 0.25) is 0 Å². The quantitative estimate of drug-likeness (QED) is 0.852. The highest BCUT2D eigenvalue weighted by atomic mass is 32.2. The van der Waals surface area contributed by atoms with Crippen molar-refractivity contribution >= 4 is 21.6 Å². The number of rotatable bonds is 5. The predicted molar refractivity (Wildman–Crippen MR) is 104 cm³/mol. The number of aryl methyl sites for hydroxylation is 1. The monoisotopic (exact) mass is 388 g/mol. The van der Waals surface area contributed by atoms with Crippen LogP contribution in [0, 0.1) is 0 Å². The summed E-state index contributed by atoms with van der Waals surface area (Å²) < 4.78 is 33.5. The average molecular weight is 388 g/mol. The van der Waals surface area contributed by atoms with Crippen molar-refractivity contribution in [3.05, 3.63) is 53.6 Å². The van der Waals surface area contributed by atoms with Gasteiger partial charge in [0.15, 0.2) is 0 Å². The van der Waals surface area contributed by atoms with Crippen LogP contribution in [-0.4, -0.2) is 32.8 Å². The fraction of sp³-hybridized carbons (Fsp3) is 0.350. The van der Waals surface area contributed by atoms with Crippen molar-refractivity contribution in [3.63, 3.8) is 0 Å². The third-order valence-corrected chi connectivity index (χ3v) is 6.81. The molecule has 2 aromatic carbocycles. The molecule has 1 amide bonds. The molecule has 7 heteroatoms. The molecule has 1 aliphatic carbocycles. The zero-order valence-electron chi connectivity index (χ0n) is 15.7. The van der Waals surface area contributed by atoms with E-state index >= 15 is 0 Å². The zero-order chi connectivity index (χ0) is 19.6. The summed E-state index contributed by atoms with van der Waals surface area (Å²) in [7, 11) is -0.789. The molecule has 1 aliphatic rings. The number of amides is 1. The number of sulfonamides is 1. The number of nitrogens with one attached hydrogen (secondary N) is 1. The molecule has 3 rings (SSSR count). The third kappa shape index (κ3) is 3.84. The number of carbonyl (C=O) groups excluding carboxylic acids is 1. The molecule has 2 aromatic rings. The van der Waals surface area contributed by atoms with Crippen LogP contribution in [0.15, 0.2) is 47.4 Å². The van der Waals surface area contributed by atoms with Gasteiger partial charge in [0.05, 0.1) is 7.11 Å². The van der Waals surface area contributed by atoms with E-state index in [1.807, 2.05) is 18.2 Å². The number of benzene rings is 2. The van der Waals surface area contributed by atoms with E-state index in [1.165, 1.54) is 30.0 Å². The Hall–Kier alpha value is -2.38. The first-order valence-corrected chi connectivity index (χ1v) is 10.3. The summed E-state index contributed by atoms with van der Waals surface area (Å²) in [5.74, 6) is -0.0156. The minimum atomic E-state index is -3.83. The number of hydrogen-bond acceptors (Lipinski definition) is 4. The highest BCUT2D eigenvalue weighted by Crippen LogP contribution is 2.38. The number of nitrogens with zero attached hydrogens (tertiary/aromatic N) is 1. The summed E-state index contributed by atoms with van der Waals surface area (Å²) in [6.45, 7) is 1.38. The molecule has 27 heavy (non-hydrogen) atoms. The van der Waals surface area contributed by atoms with Gasteiger partial charge in [-0.1, -0.05) is 24.3 Å². The number of hydrogen-bond donors (Lipinski definition) is 1. The van der Waals surface area contributed by atoms with Gasteiger partial charge >= 0.3 is 0 Å². The van der Waals surface area contributed by atoms with Crippen molar-refractivity contribution < 1.29 is 17.9 Å². The van der Waals surface area contributed by atoms with E-state index < -0.39 is 10.0 Å². The third-order valence-electron chi connectivity index (χ3n) is 4.92. The van der Waals surface area contributed by atoms with E-state index in [2.05, 4.69) is 11.4 Å². The Labute approximate surface area is 160 Å². The van der Waals surface area contributed by atoms with Crippen molar-refractivity contribution in [1.29, 1.82) is 0 Å². The van der Waals surface area contributed by atoms with Gasteiger partial charge in [0.25, 0.3) is 0 Å². The molecule has 0 aliphatic heterocycles. The fourth-order valence-corrected chi connectivity index (χ4v) is 5.13. The van der Waals surface area contributed by atoms with Crippen molar-refractivity contribution in [2.75, 3.05) is 19.5 Å². The average Bonchev–Trinajstić information content (AvgIpc) is 2.66. The first kappa shape index (κ1) is 19.4. The first-order chi connectivity index (χ1) is 12.8. The number of ether oxygens (including phenoxy) is 1. The molecule has 0 bridgehead atoms. The Balaban J connectivity index is 2.03. The van der Waals surface area contributed by atoms with Crippen LogP contribution in [0.5, 0.6) is 5.75 Å². The van der Waals surface area contributed by atoms with Gasteiger partial charge in [-0.05, 0) is 48.6 Å². The van der Waals surface area contributed by atoms with Gasteiger partial charge in [-0.25, -0.2) is 8.42 Å². The maximum Gasteiger partial charge on any atom is 0.247 e. The Bertz CT molecular complexity index is 956.